The van der Waals surface area contributed by atoms with Gasteiger partial charge in [-0.3, -0.25) is 4.98 Å². The number of aliphatic hydroxyl groups excluding tert-OH is 2. The standard InChI is InChI=1S/C23H30N6O3S/c1-11-6-14(7-12(2)25-11)27-22-24-9-15(21-26-13(3)10-33-21)20(29-22)28-17-8-16(23(4,5)32)18(30)19(17)31/h6-7,9-10,16-19,30-32H,8H2,1-5H3,(H2,24,25,27,28,29)/t16?,17-,18-,19+/m1/s1. The van der Waals surface area contributed by atoms with Crippen molar-refractivity contribution in [3.05, 3.63) is 40.8 Å². The predicted octanol–water partition coefficient (Wildman–Crippen LogP) is 2.96. The first-order valence-corrected chi connectivity index (χ1v) is 11.8. The lowest BCUT2D eigenvalue weighted by molar-refractivity contribution is -0.0601. The second-order valence-corrected chi connectivity index (χ2v) is 10.1. The van der Waals surface area contributed by atoms with Crippen LogP contribution in [-0.4, -0.2) is 59.1 Å². The molecule has 176 valence electrons. The van der Waals surface area contributed by atoms with Crippen LogP contribution in [0.25, 0.3) is 10.6 Å². The summed E-state index contributed by atoms with van der Waals surface area (Å²) in [5.41, 5.74) is 3.06. The van der Waals surface area contributed by atoms with E-state index >= 15 is 0 Å². The van der Waals surface area contributed by atoms with Crippen molar-refractivity contribution in [1.82, 2.24) is 19.9 Å². The third-order valence-corrected chi connectivity index (χ3v) is 6.88. The molecule has 3 aromatic heterocycles. The molecule has 3 heterocycles. The van der Waals surface area contributed by atoms with Crippen LogP contribution in [0.4, 0.5) is 17.5 Å². The highest BCUT2D eigenvalue weighted by Crippen LogP contribution is 2.38. The molecule has 10 heteroatoms. The number of thiazole rings is 1. The van der Waals surface area contributed by atoms with Gasteiger partial charge in [-0.25, -0.2) is 9.97 Å². The molecular formula is C23H30N6O3S. The second-order valence-electron chi connectivity index (χ2n) is 9.24. The molecular weight excluding hydrogens is 440 g/mol. The van der Waals surface area contributed by atoms with Crippen molar-refractivity contribution < 1.29 is 15.3 Å². The lowest BCUT2D eigenvalue weighted by Crippen LogP contribution is -2.40. The lowest BCUT2D eigenvalue weighted by atomic mass is 9.88. The van der Waals surface area contributed by atoms with Gasteiger partial charge in [0.1, 0.15) is 16.9 Å². The molecule has 0 bridgehead atoms. The molecule has 1 aliphatic carbocycles. The van der Waals surface area contributed by atoms with Crippen molar-refractivity contribution in [2.75, 3.05) is 10.6 Å². The molecule has 5 N–H and O–H groups in total. The highest BCUT2D eigenvalue weighted by Gasteiger charge is 2.47. The monoisotopic (exact) mass is 470 g/mol. The Morgan fingerprint density at radius 2 is 1.70 bits per heavy atom. The lowest BCUT2D eigenvalue weighted by Gasteiger charge is -2.28. The zero-order valence-corrected chi connectivity index (χ0v) is 20.2. The van der Waals surface area contributed by atoms with Gasteiger partial charge >= 0.3 is 0 Å². The molecule has 1 unspecified atom stereocenters. The maximum Gasteiger partial charge on any atom is 0.229 e. The molecule has 0 aromatic carbocycles. The van der Waals surface area contributed by atoms with Crippen LogP contribution in [0.5, 0.6) is 0 Å². The number of nitrogens with one attached hydrogen (secondary N) is 2. The van der Waals surface area contributed by atoms with Gasteiger partial charge in [0.05, 0.1) is 23.3 Å². The summed E-state index contributed by atoms with van der Waals surface area (Å²) < 4.78 is 0. The fraction of sp³-hybridized carbons (Fsp3) is 0.478. The summed E-state index contributed by atoms with van der Waals surface area (Å²) in [5.74, 6) is 0.404. The number of aromatic nitrogens is 4. The smallest absolute Gasteiger partial charge is 0.229 e. The van der Waals surface area contributed by atoms with Crippen LogP contribution in [-0.2, 0) is 0 Å². The normalized spacial score (nSPS) is 23.0. The van der Waals surface area contributed by atoms with Crippen LogP contribution in [0, 0.1) is 26.7 Å². The van der Waals surface area contributed by atoms with Gasteiger partial charge < -0.3 is 26.0 Å². The summed E-state index contributed by atoms with van der Waals surface area (Å²) in [4.78, 5) is 18.1. The van der Waals surface area contributed by atoms with Crippen molar-refractivity contribution in [3.8, 4) is 10.6 Å². The Morgan fingerprint density at radius 3 is 2.27 bits per heavy atom. The maximum atomic E-state index is 10.7. The third kappa shape index (κ3) is 5.14. The molecule has 4 rings (SSSR count). The van der Waals surface area contributed by atoms with E-state index in [0.29, 0.717) is 23.8 Å². The van der Waals surface area contributed by atoms with Gasteiger partial charge in [0, 0.05) is 40.3 Å². The first-order chi connectivity index (χ1) is 15.5. The minimum absolute atomic E-state index is 0.381. The average molecular weight is 471 g/mol. The van der Waals surface area contributed by atoms with Crippen LogP contribution >= 0.6 is 11.3 Å². The van der Waals surface area contributed by atoms with Crippen LogP contribution in [0.3, 0.4) is 0 Å². The summed E-state index contributed by atoms with van der Waals surface area (Å²) in [6, 6.07) is 3.32. The summed E-state index contributed by atoms with van der Waals surface area (Å²) >= 11 is 1.48. The predicted molar refractivity (Wildman–Crippen MR) is 129 cm³/mol. The van der Waals surface area contributed by atoms with Crippen molar-refractivity contribution >= 4 is 28.8 Å². The molecule has 0 amide bonds. The molecule has 0 spiro atoms. The molecule has 0 aliphatic heterocycles. The SMILES string of the molecule is Cc1cc(Nc2ncc(-c3nc(C)cs3)c(N[C@@H]3CC(C(C)(C)O)[C@@H](O)[C@H]3O)n2)cc(C)n1. The molecule has 1 aliphatic rings. The Bertz CT molecular complexity index is 1130. The molecule has 1 saturated carbocycles. The van der Waals surface area contributed by atoms with E-state index in [4.69, 9.17) is 0 Å². The number of aryl methyl sites for hydroxylation is 3. The van der Waals surface area contributed by atoms with Gasteiger partial charge in [0.2, 0.25) is 5.95 Å². The van der Waals surface area contributed by atoms with E-state index in [1.54, 1.807) is 20.0 Å². The molecule has 33 heavy (non-hydrogen) atoms. The number of nitrogens with zero attached hydrogens (tertiary/aromatic N) is 4. The van der Waals surface area contributed by atoms with E-state index in [2.05, 4.69) is 30.6 Å². The Kier molecular flexibility index (Phi) is 6.37. The summed E-state index contributed by atoms with van der Waals surface area (Å²) in [5, 5.41) is 40.8. The number of hydrogen-bond acceptors (Lipinski definition) is 10. The van der Waals surface area contributed by atoms with E-state index in [9.17, 15) is 15.3 Å². The van der Waals surface area contributed by atoms with Gasteiger partial charge in [0.25, 0.3) is 0 Å². The van der Waals surface area contributed by atoms with Crippen LogP contribution in [0.15, 0.2) is 23.7 Å². The fourth-order valence-corrected chi connectivity index (χ4v) is 5.08. The number of hydrogen-bond donors (Lipinski definition) is 5. The topological polar surface area (TPSA) is 136 Å². The van der Waals surface area contributed by atoms with Crippen LogP contribution in [0.2, 0.25) is 0 Å². The van der Waals surface area contributed by atoms with Crippen molar-refractivity contribution in [2.45, 2.75) is 64.9 Å². The third-order valence-electron chi connectivity index (χ3n) is 5.89. The van der Waals surface area contributed by atoms with E-state index in [0.717, 1.165) is 27.8 Å². The van der Waals surface area contributed by atoms with E-state index in [-0.39, 0.29) is 0 Å². The zero-order chi connectivity index (χ0) is 23.9. The van der Waals surface area contributed by atoms with Gasteiger partial charge in [-0.15, -0.1) is 11.3 Å². The summed E-state index contributed by atoms with van der Waals surface area (Å²) in [6.07, 6.45) is -0.0147. The Balaban J connectivity index is 1.67. The average Bonchev–Trinajstić information content (AvgIpc) is 3.26. The van der Waals surface area contributed by atoms with Gasteiger partial charge in [0.15, 0.2) is 0 Å². The number of pyridine rings is 1. The quantitative estimate of drug-likeness (QED) is 0.368. The van der Waals surface area contributed by atoms with Crippen molar-refractivity contribution in [2.24, 2.45) is 5.92 Å². The Hall–Kier alpha value is -2.66. The highest BCUT2D eigenvalue weighted by molar-refractivity contribution is 7.13. The first kappa shape index (κ1) is 23.5. The van der Waals surface area contributed by atoms with Crippen molar-refractivity contribution in [3.63, 3.8) is 0 Å². The minimum atomic E-state index is -1.12. The van der Waals surface area contributed by atoms with Gasteiger partial charge in [-0.2, -0.15) is 4.98 Å². The number of rotatable bonds is 6. The molecule has 3 aromatic rings. The highest BCUT2D eigenvalue weighted by atomic mass is 32.1. The molecule has 0 radical (unpaired) electrons. The Morgan fingerprint density at radius 1 is 1.00 bits per heavy atom. The Labute approximate surface area is 197 Å². The van der Waals surface area contributed by atoms with E-state index in [1.165, 1.54) is 11.3 Å². The number of aliphatic hydroxyl groups is 3. The van der Waals surface area contributed by atoms with Crippen LogP contribution < -0.4 is 10.6 Å². The molecule has 0 saturated heterocycles. The molecule has 4 atom stereocenters. The van der Waals surface area contributed by atoms with Gasteiger partial charge in [-0.1, -0.05) is 0 Å². The molecule has 1 fully saturated rings. The van der Waals surface area contributed by atoms with Gasteiger partial charge in [-0.05, 0) is 53.2 Å². The summed E-state index contributed by atoms with van der Waals surface area (Å²) in [6.45, 7) is 9.05. The second kappa shape index (κ2) is 8.94. The summed E-state index contributed by atoms with van der Waals surface area (Å²) in [7, 11) is 0. The first-order valence-electron chi connectivity index (χ1n) is 10.9. The minimum Gasteiger partial charge on any atom is -0.390 e. The number of anilines is 3. The van der Waals surface area contributed by atoms with Crippen molar-refractivity contribution in [1.29, 1.82) is 0 Å². The molecule has 9 nitrogen and oxygen atoms in total. The van der Waals surface area contributed by atoms with E-state index < -0.39 is 29.8 Å². The van der Waals surface area contributed by atoms with Crippen LogP contribution in [0.1, 0.15) is 37.4 Å². The zero-order valence-electron chi connectivity index (χ0n) is 19.4. The fourth-order valence-electron chi connectivity index (χ4n) is 4.28. The maximum absolute atomic E-state index is 10.7. The van der Waals surface area contributed by atoms with E-state index in [1.807, 2.05) is 38.3 Å². The largest absolute Gasteiger partial charge is 0.390 e.